The summed E-state index contributed by atoms with van der Waals surface area (Å²) in [5.41, 5.74) is 0.801. The zero-order valence-electron chi connectivity index (χ0n) is 20.4. The molecule has 7 nitrogen and oxygen atoms in total. The first kappa shape index (κ1) is 25.4. The zero-order valence-corrected chi connectivity index (χ0v) is 20.4. The van der Waals surface area contributed by atoms with E-state index in [1.54, 1.807) is 52.1 Å². The van der Waals surface area contributed by atoms with E-state index >= 15 is 0 Å². The van der Waals surface area contributed by atoms with Crippen molar-refractivity contribution in [1.82, 2.24) is 10.2 Å². The number of esters is 1. The third-order valence-corrected chi connectivity index (χ3v) is 5.70. The van der Waals surface area contributed by atoms with E-state index in [4.69, 9.17) is 9.47 Å². The Bertz CT molecular complexity index is 1000. The Morgan fingerprint density at radius 1 is 1.09 bits per heavy atom. The predicted molar refractivity (Wildman–Crippen MR) is 130 cm³/mol. The van der Waals surface area contributed by atoms with Crippen LogP contribution in [0, 0.1) is 0 Å². The molecule has 0 saturated carbocycles. The molecule has 1 fully saturated rings. The molecular weight excluding hydrogens is 432 g/mol. The lowest BCUT2D eigenvalue weighted by molar-refractivity contribution is -0.158. The molecule has 0 spiro atoms. The molecule has 0 aromatic heterocycles. The Kier molecular flexibility index (Phi) is 8.45. The van der Waals surface area contributed by atoms with Gasteiger partial charge >= 0.3 is 5.97 Å². The largest absolute Gasteiger partial charge is 0.497 e. The maximum Gasteiger partial charge on any atom is 0.329 e. The molecule has 182 valence electrons. The fourth-order valence-electron chi connectivity index (χ4n) is 4.07. The summed E-state index contributed by atoms with van der Waals surface area (Å²) in [6, 6.07) is 15.2. The Hall–Kier alpha value is -3.19. The van der Waals surface area contributed by atoms with E-state index < -0.39 is 23.7 Å². The summed E-state index contributed by atoms with van der Waals surface area (Å²) in [7, 11) is 1.56. The highest BCUT2D eigenvalue weighted by Crippen LogP contribution is 2.20. The summed E-state index contributed by atoms with van der Waals surface area (Å²) >= 11 is 0. The molecule has 1 aliphatic heterocycles. The van der Waals surface area contributed by atoms with Crippen LogP contribution in [0.4, 0.5) is 0 Å². The van der Waals surface area contributed by atoms with Crippen LogP contribution in [0.25, 0.3) is 0 Å². The summed E-state index contributed by atoms with van der Waals surface area (Å²) in [5.74, 6) is -0.196. The van der Waals surface area contributed by atoms with Crippen LogP contribution in [-0.4, -0.2) is 60.4 Å². The number of ether oxygens (including phenoxy) is 2. The first-order valence-electron chi connectivity index (χ1n) is 11.6. The van der Waals surface area contributed by atoms with Crippen LogP contribution in [0.3, 0.4) is 0 Å². The Morgan fingerprint density at radius 3 is 2.50 bits per heavy atom. The number of carbonyl (C=O) groups is 3. The van der Waals surface area contributed by atoms with Crippen molar-refractivity contribution in [1.29, 1.82) is 0 Å². The topological polar surface area (TPSA) is 84.9 Å². The number of hydrogen-bond acceptors (Lipinski definition) is 6. The average Bonchev–Trinajstić information content (AvgIpc) is 3.26. The van der Waals surface area contributed by atoms with Gasteiger partial charge in [0.1, 0.15) is 17.4 Å². The van der Waals surface area contributed by atoms with Crippen molar-refractivity contribution in [2.45, 2.75) is 57.7 Å². The van der Waals surface area contributed by atoms with Crippen LogP contribution in [0.15, 0.2) is 54.6 Å². The number of likely N-dealkylation sites (tertiary alicyclic amines) is 1. The lowest BCUT2D eigenvalue weighted by Crippen LogP contribution is -2.52. The number of nitrogens with one attached hydrogen (secondary N) is 1. The summed E-state index contributed by atoms with van der Waals surface area (Å²) in [6.07, 6.45) is 1.76. The van der Waals surface area contributed by atoms with Gasteiger partial charge in [0, 0.05) is 12.0 Å². The van der Waals surface area contributed by atoms with E-state index in [0.29, 0.717) is 30.7 Å². The number of methoxy groups -OCH3 is 1. The minimum Gasteiger partial charge on any atom is -0.497 e. The van der Waals surface area contributed by atoms with E-state index in [1.807, 2.05) is 35.2 Å². The normalized spacial score (nSPS) is 17.1. The molecular formula is C27H34N2O5. The lowest BCUT2D eigenvalue weighted by atomic mass is 10.0. The maximum absolute atomic E-state index is 13.3. The van der Waals surface area contributed by atoms with Crippen LogP contribution in [0.2, 0.25) is 0 Å². The van der Waals surface area contributed by atoms with Crippen LogP contribution in [-0.2, 0) is 20.7 Å². The molecule has 1 N–H and O–H groups in total. The fraction of sp³-hybridized carbons (Fsp3) is 0.444. The Morgan fingerprint density at radius 2 is 1.82 bits per heavy atom. The number of carbonyl (C=O) groups excluding carboxylic acids is 3. The van der Waals surface area contributed by atoms with Gasteiger partial charge in [-0.2, -0.15) is 0 Å². The second-order valence-electron chi connectivity index (χ2n) is 9.57. The van der Waals surface area contributed by atoms with Crippen molar-refractivity contribution in [3.8, 4) is 5.75 Å². The van der Waals surface area contributed by atoms with Crippen molar-refractivity contribution in [2.24, 2.45) is 0 Å². The third kappa shape index (κ3) is 7.15. The van der Waals surface area contributed by atoms with Crippen LogP contribution >= 0.6 is 0 Å². The van der Waals surface area contributed by atoms with Gasteiger partial charge in [0.25, 0.3) is 0 Å². The molecule has 1 aliphatic rings. The fourth-order valence-corrected chi connectivity index (χ4v) is 4.07. The average molecular weight is 467 g/mol. The van der Waals surface area contributed by atoms with Gasteiger partial charge in [0.2, 0.25) is 5.91 Å². The number of hydrogen-bond donors (Lipinski definition) is 1. The monoisotopic (exact) mass is 466 g/mol. The van der Waals surface area contributed by atoms with Crippen molar-refractivity contribution >= 4 is 17.7 Å². The van der Waals surface area contributed by atoms with Gasteiger partial charge in [-0.15, -0.1) is 0 Å². The molecule has 1 amide bonds. The number of rotatable bonds is 9. The summed E-state index contributed by atoms with van der Waals surface area (Å²) in [6.45, 7) is 6.17. The molecule has 0 radical (unpaired) electrons. The number of nitrogens with zero attached hydrogens (tertiary/aromatic N) is 1. The lowest BCUT2D eigenvalue weighted by Gasteiger charge is -2.27. The van der Waals surface area contributed by atoms with Gasteiger partial charge in [0.15, 0.2) is 5.78 Å². The highest BCUT2D eigenvalue weighted by molar-refractivity contribution is 5.98. The SMILES string of the molecule is COc1cccc(C(=O)CN2CCCC2C(=O)NC(Cc2ccccc2)C(=O)OC(C)(C)C)c1. The molecule has 1 heterocycles. The van der Waals surface area contributed by atoms with E-state index in [-0.39, 0.29) is 18.2 Å². The number of amides is 1. The van der Waals surface area contributed by atoms with Crippen LogP contribution < -0.4 is 10.1 Å². The summed E-state index contributed by atoms with van der Waals surface area (Å²) < 4.78 is 10.8. The quantitative estimate of drug-likeness (QED) is 0.450. The van der Waals surface area contributed by atoms with E-state index in [1.165, 1.54) is 0 Å². The second kappa shape index (κ2) is 11.3. The van der Waals surface area contributed by atoms with Crippen molar-refractivity contribution < 1.29 is 23.9 Å². The number of benzene rings is 2. The Balaban J connectivity index is 1.70. The summed E-state index contributed by atoms with van der Waals surface area (Å²) in [5, 5.41) is 2.90. The second-order valence-corrected chi connectivity index (χ2v) is 9.57. The van der Waals surface area contributed by atoms with Gasteiger partial charge in [-0.05, 0) is 57.9 Å². The van der Waals surface area contributed by atoms with E-state index in [9.17, 15) is 14.4 Å². The minimum atomic E-state index is -0.814. The van der Waals surface area contributed by atoms with Crippen molar-refractivity contribution in [2.75, 3.05) is 20.2 Å². The highest BCUT2D eigenvalue weighted by Gasteiger charge is 2.35. The zero-order chi connectivity index (χ0) is 24.7. The van der Waals surface area contributed by atoms with Crippen LogP contribution in [0.5, 0.6) is 5.75 Å². The highest BCUT2D eigenvalue weighted by atomic mass is 16.6. The van der Waals surface area contributed by atoms with Gasteiger partial charge in [-0.25, -0.2) is 4.79 Å². The summed E-state index contributed by atoms with van der Waals surface area (Å²) in [4.78, 5) is 40.9. The molecule has 3 rings (SSSR count). The molecule has 0 aliphatic carbocycles. The molecule has 1 saturated heterocycles. The van der Waals surface area contributed by atoms with Crippen LogP contribution in [0.1, 0.15) is 49.5 Å². The molecule has 2 unspecified atom stereocenters. The third-order valence-electron chi connectivity index (χ3n) is 5.70. The number of Topliss-reactive ketones (excluding diaryl/α,β-unsaturated/α-hetero) is 1. The molecule has 0 bridgehead atoms. The first-order chi connectivity index (χ1) is 16.2. The number of ketones is 1. The van der Waals surface area contributed by atoms with Crippen molar-refractivity contribution in [3.63, 3.8) is 0 Å². The van der Waals surface area contributed by atoms with Crippen molar-refractivity contribution in [3.05, 3.63) is 65.7 Å². The first-order valence-corrected chi connectivity index (χ1v) is 11.6. The van der Waals surface area contributed by atoms with E-state index in [0.717, 1.165) is 12.0 Å². The van der Waals surface area contributed by atoms with Gasteiger partial charge < -0.3 is 14.8 Å². The maximum atomic E-state index is 13.3. The van der Waals surface area contributed by atoms with Gasteiger partial charge in [-0.1, -0.05) is 42.5 Å². The standard InChI is InChI=1S/C27H34N2O5/c1-27(2,3)34-26(32)22(16-19-10-6-5-7-11-19)28-25(31)23-14-9-15-29(23)18-24(30)20-12-8-13-21(17-20)33-4/h5-8,10-13,17,22-23H,9,14-16,18H2,1-4H3,(H,28,31). The van der Waals surface area contributed by atoms with Gasteiger partial charge in [-0.3, -0.25) is 14.5 Å². The smallest absolute Gasteiger partial charge is 0.329 e. The van der Waals surface area contributed by atoms with E-state index in [2.05, 4.69) is 5.32 Å². The molecule has 2 aromatic carbocycles. The Labute approximate surface area is 201 Å². The molecule has 34 heavy (non-hydrogen) atoms. The van der Waals surface area contributed by atoms with Gasteiger partial charge in [0.05, 0.1) is 19.7 Å². The molecule has 7 heteroatoms. The molecule has 2 aromatic rings. The minimum absolute atomic E-state index is 0.0772. The predicted octanol–water partition coefficient (Wildman–Crippen LogP) is 3.41. The molecule has 2 atom stereocenters.